The molecular formula is C12H19BrN2O2. The van der Waals surface area contributed by atoms with Crippen LogP contribution < -0.4 is 0 Å². The molecule has 1 fully saturated rings. The second-order valence-electron chi connectivity index (χ2n) is 5.01. The number of nitrogens with zero attached hydrogens (tertiary/aromatic N) is 2. The van der Waals surface area contributed by atoms with E-state index in [1.54, 1.807) is 13.3 Å². The van der Waals surface area contributed by atoms with Gasteiger partial charge in [-0.3, -0.25) is 4.68 Å². The van der Waals surface area contributed by atoms with Crippen LogP contribution in [0.25, 0.3) is 0 Å². The summed E-state index contributed by atoms with van der Waals surface area (Å²) in [5, 5.41) is 15.2. The van der Waals surface area contributed by atoms with Gasteiger partial charge in [-0.15, -0.1) is 0 Å². The zero-order valence-electron chi connectivity index (χ0n) is 10.5. The van der Waals surface area contributed by atoms with Crippen LogP contribution in [-0.4, -0.2) is 28.6 Å². The summed E-state index contributed by atoms with van der Waals surface area (Å²) in [5.41, 5.74) is -0.0780. The van der Waals surface area contributed by atoms with Crippen molar-refractivity contribution >= 4 is 15.9 Å². The van der Waals surface area contributed by atoms with Crippen LogP contribution in [0.1, 0.15) is 38.4 Å². The summed E-state index contributed by atoms with van der Waals surface area (Å²) in [6.07, 6.45) is 3.85. The summed E-state index contributed by atoms with van der Waals surface area (Å²) in [6, 6.07) is 0.221. The molecule has 1 heterocycles. The molecule has 0 spiro atoms. The molecule has 0 bridgehead atoms. The van der Waals surface area contributed by atoms with E-state index in [-0.39, 0.29) is 12.0 Å². The molecule has 4 nitrogen and oxygen atoms in total. The predicted octanol–water partition coefficient (Wildman–Crippen LogP) is 2.47. The zero-order chi connectivity index (χ0) is 12.6. The van der Waals surface area contributed by atoms with Crippen LogP contribution in [0.2, 0.25) is 0 Å². The van der Waals surface area contributed by atoms with Crippen LogP contribution in [0.5, 0.6) is 0 Å². The first kappa shape index (κ1) is 13.1. The average Bonchev–Trinajstić information content (AvgIpc) is 3.02. The monoisotopic (exact) mass is 302 g/mol. The van der Waals surface area contributed by atoms with Gasteiger partial charge >= 0.3 is 0 Å². The number of rotatable bonds is 5. The van der Waals surface area contributed by atoms with Gasteiger partial charge in [0, 0.05) is 13.2 Å². The molecule has 2 rings (SSSR count). The highest BCUT2D eigenvalue weighted by Gasteiger charge is 2.48. The van der Waals surface area contributed by atoms with Crippen molar-refractivity contribution in [3.05, 3.63) is 16.4 Å². The largest absolute Gasteiger partial charge is 0.381 e. The van der Waals surface area contributed by atoms with Crippen LogP contribution in [0, 0.1) is 5.92 Å². The van der Waals surface area contributed by atoms with Gasteiger partial charge in [0.1, 0.15) is 5.60 Å². The Hall–Kier alpha value is -0.390. The number of ether oxygens (including phenoxy) is 1. The van der Waals surface area contributed by atoms with Crippen LogP contribution in [0.4, 0.5) is 0 Å². The summed E-state index contributed by atoms with van der Waals surface area (Å²) in [4.78, 5) is 0. The third-order valence-electron chi connectivity index (χ3n) is 3.27. The second kappa shape index (κ2) is 4.71. The lowest BCUT2D eigenvalue weighted by Gasteiger charge is -2.29. The van der Waals surface area contributed by atoms with E-state index >= 15 is 0 Å². The van der Waals surface area contributed by atoms with Crippen LogP contribution in [0.15, 0.2) is 10.7 Å². The third kappa shape index (κ3) is 2.28. The van der Waals surface area contributed by atoms with Crippen molar-refractivity contribution in [1.29, 1.82) is 0 Å². The highest BCUT2D eigenvalue weighted by molar-refractivity contribution is 9.10. The standard InChI is InChI=1S/C12H19BrN2O2/c1-8(2)15-11(10(13)6-14-15)12(16,7-17-3)9-4-5-9/h6,8-9,16H,4-5,7H2,1-3H3. The van der Waals surface area contributed by atoms with Crippen molar-refractivity contribution in [2.75, 3.05) is 13.7 Å². The number of halogens is 1. The van der Waals surface area contributed by atoms with Crippen LogP contribution in [0.3, 0.4) is 0 Å². The van der Waals surface area contributed by atoms with Gasteiger partial charge in [-0.1, -0.05) is 0 Å². The van der Waals surface area contributed by atoms with E-state index in [1.165, 1.54) is 0 Å². The molecule has 1 aliphatic carbocycles. The average molecular weight is 303 g/mol. The maximum Gasteiger partial charge on any atom is 0.133 e. The summed E-state index contributed by atoms with van der Waals surface area (Å²) in [5.74, 6) is 0.285. The highest BCUT2D eigenvalue weighted by atomic mass is 79.9. The number of aromatic nitrogens is 2. The van der Waals surface area contributed by atoms with Crippen molar-refractivity contribution in [3.63, 3.8) is 0 Å². The molecule has 17 heavy (non-hydrogen) atoms. The molecule has 1 unspecified atom stereocenters. The van der Waals surface area contributed by atoms with E-state index in [0.717, 1.165) is 23.0 Å². The molecule has 96 valence electrons. The first-order valence-corrected chi connectivity index (χ1v) is 6.74. The van der Waals surface area contributed by atoms with E-state index in [2.05, 4.69) is 34.9 Å². The van der Waals surface area contributed by atoms with Crippen molar-refractivity contribution in [3.8, 4) is 0 Å². The van der Waals surface area contributed by atoms with Gasteiger partial charge in [0.25, 0.3) is 0 Å². The van der Waals surface area contributed by atoms with Gasteiger partial charge in [-0.2, -0.15) is 5.10 Å². The summed E-state index contributed by atoms with van der Waals surface area (Å²) in [7, 11) is 1.62. The lowest BCUT2D eigenvalue weighted by molar-refractivity contribution is -0.0605. The number of hydrogen-bond donors (Lipinski definition) is 1. The van der Waals surface area contributed by atoms with Gasteiger partial charge < -0.3 is 9.84 Å². The van der Waals surface area contributed by atoms with E-state index in [9.17, 15) is 5.11 Å². The third-order valence-corrected chi connectivity index (χ3v) is 3.85. The molecule has 1 aliphatic rings. The molecule has 1 N–H and O–H groups in total. The first-order chi connectivity index (χ1) is 8.00. The summed E-state index contributed by atoms with van der Waals surface area (Å²) >= 11 is 3.49. The Morgan fingerprint density at radius 1 is 1.65 bits per heavy atom. The molecule has 1 aromatic heterocycles. The Kier molecular flexibility index (Phi) is 3.61. The normalized spacial score (nSPS) is 19.6. The minimum absolute atomic E-state index is 0.221. The maximum absolute atomic E-state index is 10.9. The fraction of sp³-hybridized carbons (Fsp3) is 0.750. The Bertz CT molecular complexity index is 401. The lowest BCUT2D eigenvalue weighted by Crippen LogP contribution is -2.37. The number of aliphatic hydroxyl groups is 1. The highest BCUT2D eigenvalue weighted by Crippen LogP contribution is 2.48. The molecule has 0 saturated heterocycles. The molecule has 5 heteroatoms. The van der Waals surface area contributed by atoms with Gasteiger partial charge in [0.2, 0.25) is 0 Å². The van der Waals surface area contributed by atoms with Gasteiger partial charge in [0.15, 0.2) is 0 Å². The first-order valence-electron chi connectivity index (χ1n) is 5.95. The molecule has 0 radical (unpaired) electrons. The second-order valence-corrected chi connectivity index (χ2v) is 5.87. The smallest absolute Gasteiger partial charge is 0.133 e. The van der Waals surface area contributed by atoms with Crippen LogP contribution in [-0.2, 0) is 10.3 Å². The minimum atomic E-state index is -0.922. The SMILES string of the molecule is COCC(O)(c1c(Br)cnn1C(C)C)C1CC1. The van der Waals surface area contributed by atoms with E-state index < -0.39 is 5.60 Å². The van der Waals surface area contributed by atoms with Crippen molar-refractivity contribution in [2.24, 2.45) is 5.92 Å². The molecule has 1 saturated carbocycles. The molecular weight excluding hydrogens is 284 g/mol. The predicted molar refractivity (Wildman–Crippen MR) is 68.8 cm³/mol. The number of methoxy groups -OCH3 is 1. The maximum atomic E-state index is 10.9. The summed E-state index contributed by atoms with van der Waals surface area (Å²) < 4.78 is 7.95. The van der Waals surface area contributed by atoms with Gasteiger partial charge in [-0.25, -0.2) is 0 Å². The van der Waals surface area contributed by atoms with Crippen molar-refractivity contribution in [2.45, 2.75) is 38.3 Å². The fourth-order valence-corrected chi connectivity index (χ4v) is 2.91. The van der Waals surface area contributed by atoms with Gasteiger partial charge in [-0.05, 0) is 48.5 Å². The Morgan fingerprint density at radius 3 is 2.76 bits per heavy atom. The molecule has 0 amide bonds. The van der Waals surface area contributed by atoms with E-state index in [4.69, 9.17) is 4.74 Å². The Morgan fingerprint density at radius 2 is 2.29 bits per heavy atom. The van der Waals surface area contributed by atoms with Crippen LogP contribution >= 0.6 is 15.9 Å². The molecule has 0 aromatic carbocycles. The van der Waals surface area contributed by atoms with Crippen molar-refractivity contribution < 1.29 is 9.84 Å². The van der Waals surface area contributed by atoms with Crippen molar-refractivity contribution in [1.82, 2.24) is 9.78 Å². The van der Waals surface area contributed by atoms with E-state index in [0.29, 0.717) is 6.61 Å². The van der Waals surface area contributed by atoms with E-state index in [1.807, 2.05) is 4.68 Å². The summed E-state index contributed by atoms with van der Waals surface area (Å²) in [6.45, 7) is 4.43. The fourth-order valence-electron chi connectivity index (χ4n) is 2.30. The number of hydrogen-bond acceptors (Lipinski definition) is 3. The Balaban J connectivity index is 2.45. The Labute approximate surface area is 110 Å². The quantitative estimate of drug-likeness (QED) is 0.909. The molecule has 1 aromatic rings. The lowest BCUT2D eigenvalue weighted by atomic mass is 9.94. The van der Waals surface area contributed by atoms with Gasteiger partial charge in [0.05, 0.1) is 23.0 Å². The molecule has 1 atom stereocenters. The molecule has 0 aliphatic heterocycles. The minimum Gasteiger partial charge on any atom is -0.381 e. The zero-order valence-corrected chi connectivity index (χ0v) is 12.1. The topological polar surface area (TPSA) is 47.3 Å².